The number of nitrogens with zero attached hydrogens (tertiary/aromatic N) is 1. The summed E-state index contributed by atoms with van der Waals surface area (Å²) in [6.07, 6.45) is 1.23. The lowest BCUT2D eigenvalue weighted by Crippen LogP contribution is -2.19. The van der Waals surface area contributed by atoms with Gasteiger partial charge in [-0.05, 0) is 30.1 Å². The largest absolute Gasteiger partial charge is 0.394 e. The van der Waals surface area contributed by atoms with Crippen LogP contribution in [0.4, 0.5) is 0 Å². The molecule has 0 fully saturated rings. The highest BCUT2D eigenvalue weighted by Crippen LogP contribution is 2.18. The maximum absolute atomic E-state index is 9.48. The highest BCUT2D eigenvalue weighted by Gasteiger charge is 2.06. The van der Waals surface area contributed by atoms with E-state index in [1.165, 1.54) is 5.56 Å². The summed E-state index contributed by atoms with van der Waals surface area (Å²) in [6, 6.07) is 8.29. The first-order chi connectivity index (χ1) is 8.24. The highest BCUT2D eigenvalue weighted by atomic mass is 16.3. The van der Waals surface area contributed by atoms with Crippen LogP contribution in [0, 0.1) is 0 Å². The third-order valence-electron chi connectivity index (χ3n) is 2.84. The van der Waals surface area contributed by atoms with E-state index in [9.17, 15) is 5.11 Å². The smallest absolute Gasteiger partial charge is 0.0949 e. The molecule has 1 heterocycles. The van der Waals surface area contributed by atoms with Gasteiger partial charge in [0.25, 0.3) is 0 Å². The molecular formula is C13H18N2O2. The van der Waals surface area contributed by atoms with E-state index in [1.54, 1.807) is 0 Å². The van der Waals surface area contributed by atoms with Crippen LogP contribution in [-0.4, -0.2) is 34.5 Å². The molecule has 4 heteroatoms. The molecule has 2 rings (SSSR count). The summed E-state index contributed by atoms with van der Waals surface area (Å²) in [5, 5.41) is 22.6. The van der Waals surface area contributed by atoms with Gasteiger partial charge in [0.2, 0.25) is 0 Å². The molecule has 0 aliphatic rings. The van der Waals surface area contributed by atoms with Crippen LogP contribution in [0.15, 0.2) is 30.5 Å². The lowest BCUT2D eigenvalue weighted by atomic mass is 10.1. The number of hydrogen-bond acceptors (Lipinski definition) is 3. The average Bonchev–Trinajstić information content (AvgIpc) is 2.72. The molecule has 17 heavy (non-hydrogen) atoms. The van der Waals surface area contributed by atoms with Crippen LogP contribution in [0.25, 0.3) is 10.9 Å². The van der Waals surface area contributed by atoms with Crippen LogP contribution in [0.3, 0.4) is 0 Å². The summed E-state index contributed by atoms with van der Waals surface area (Å²) >= 11 is 0. The van der Waals surface area contributed by atoms with Crippen molar-refractivity contribution in [2.75, 3.05) is 13.7 Å². The van der Waals surface area contributed by atoms with E-state index >= 15 is 0 Å². The van der Waals surface area contributed by atoms with Crippen LogP contribution in [-0.2, 0) is 13.1 Å². The topological polar surface area (TPSA) is 57.4 Å². The Morgan fingerprint density at radius 2 is 2.18 bits per heavy atom. The third kappa shape index (κ3) is 2.66. The van der Waals surface area contributed by atoms with Crippen LogP contribution >= 0.6 is 0 Å². The summed E-state index contributed by atoms with van der Waals surface area (Å²) in [5.74, 6) is 0. The lowest BCUT2D eigenvalue weighted by molar-refractivity contribution is 0.0822. The molecule has 0 aliphatic carbocycles. The number of aliphatic hydroxyl groups is 2. The van der Waals surface area contributed by atoms with Crippen LogP contribution in [0.1, 0.15) is 5.56 Å². The van der Waals surface area contributed by atoms with Gasteiger partial charge in [-0.1, -0.05) is 12.1 Å². The van der Waals surface area contributed by atoms with E-state index in [4.69, 9.17) is 5.11 Å². The average molecular weight is 234 g/mol. The van der Waals surface area contributed by atoms with E-state index in [2.05, 4.69) is 23.5 Å². The van der Waals surface area contributed by atoms with Gasteiger partial charge in [-0.2, -0.15) is 0 Å². The van der Waals surface area contributed by atoms with Crippen molar-refractivity contribution in [1.29, 1.82) is 0 Å². The summed E-state index contributed by atoms with van der Waals surface area (Å²) in [5.41, 5.74) is 2.30. The first-order valence-corrected chi connectivity index (χ1v) is 5.76. The fraction of sp³-hybridized carbons (Fsp3) is 0.385. The summed E-state index contributed by atoms with van der Waals surface area (Å²) in [7, 11) is 1.92. The fourth-order valence-corrected chi connectivity index (χ4v) is 1.99. The second kappa shape index (κ2) is 5.31. The Morgan fingerprint density at radius 3 is 2.88 bits per heavy atom. The first kappa shape index (κ1) is 12.1. The summed E-state index contributed by atoms with van der Waals surface area (Å²) < 4.78 is 1.97. The van der Waals surface area contributed by atoms with Gasteiger partial charge in [-0.25, -0.2) is 0 Å². The monoisotopic (exact) mass is 234 g/mol. The van der Waals surface area contributed by atoms with E-state index in [0.717, 1.165) is 17.4 Å². The summed E-state index contributed by atoms with van der Waals surface area (Å²) in [6.45, 7) is 1.03. The lowest BCUT2D eigenvalue weighted by Gasteiger charge is -2.10. The SMILES string of the molecule is CNCc1ccc2ccn(CC(O)CO)c2c1. The second-order valence-electron chi connectivity index (χ2n) is 4.23. The predicted octanol–water partition coefficient (Wildman–Crippen LogP) is 0.714. The van der Waals surface area contributed by atoms with Gasteiger partial charge in [0.05, 0.1) is 19.3 Å². The number of fused-ring (bicyclic) bond motifs is 1. The molecule has 1 aromatic carbocycles. The van der Waals surface area contributed by atoms with E-state index in [1.807, 2.05) is 23.9 Å². The molecule has 0 saturated carbocycles. The Morgan fingerprint density at radius 1 is 1.35 bits per heavy atom. The normalized spacial score (nSPS) is 13.1. The zero-order valence-corrected chi connectivity index (χ0v) is 9.93. The Bertz CT molecular complexity index is 493. The standard InChI is InChI=1S/C13H18N2O2/c1-14-7-10-2-3-11-4-5-15(13(11)6-10)8-12(17)9-16/h2-6,12,14,16-17H,7-9H2,1H3. The van der Waals surface area contributed by atoms with Crippen molar-refractivity contribution in [2.45, 2.75) is 19.2 Å². The molecule has 0 amide bonds. The molecule has 4 nitrogen and oxygen atoms in total. The number of nitrogens with one attached hydrogen (secondary N) is 1. The van der Waals surface area contributed by atoms with Gasteiger partial charge in [0.1, 0.15) is 0 Å². The van der Waals surface area contributed by atoms with Crippen molar-refractivity contribution in [3.63, 3.8) is 0 Å². The minimum atomic E-state index is -0.710. The molecule has 1 aromatic heterocycles. The maximum atomic E-state index is 9.48. The number of aliphatic hydroxyl groups excluding tert-OH is 2. The minimum Gasteiger partial charge on any atom is -0.394 e. The first-order valence-electron chi connectivity index (χ1n) is 5.76. The van der Waals surface area contributed by atoms with E-state index < -0.39 is 6.10 Å². The van der Waals surface area contributed by atoms with Crippen LogP contribution < -0.4 is 5.32 Å². The number of hydrogen-bond donors (Lipinski definition) is 3. The molecule has 0 aliphatic heterocycles. The molecule has 92 valence electrons. The van der Waals surface area contributed by atoms with Crippen molar-refractivity contribution >= 4 is 10.9 Å². The molecule has 3 N–H and O–H groups in total. The van der Waals surface area contributed by atoms with Crippen molar-refractivity contribution in [1.82, 2.24) is 9.88 Å². The highest BCUT2D eigenvalue weighted by molar-refractivity contribution is 5.80. The minimum absolute atomic E-state index is 0.212. The molecule has 2 aromatic rings. The van der Waals surface area contributed by atoms with Crippen molar-refractivity contribution in [2.24, 2.45) is 0 Å². The number of benzene rings is 1. The number of aromatic nitrogens is 1. The van der Waals surface area contributed by atoms with E-state index in [-0.39, 0.29) is 6.61 Å². The Balaban J connectivity index is 2.32. The maximum Gasteiger partial charge on any atom is 0.0949 e. The third-order valence-corrected chi connectivity index (χ3v) is 2.84. The van der Waals surface area contributed by atoms with Crippen LogP contribution in [0.5, 0.6) is 0 Å². The quantitative estimate of drug-likeness (QED) is 0.714. The molecule has 0 radical (unpaired) electrons. The van der Waals surface area contributed by atoms with Crippen molar-refractivity contribution < 1.29 is 10.2 Å². The van der Waals surface area contributed by atoms with Crippen LogP contribution in [0.2, 0.25) is 0 Å². The zero-order chi connectivity index (χ0) is 12.3. The zero-order valence-electron chi connectivity index (χ0n) is 9.93. The molecule has 0 saturated heterocycles. The predicted molar refractivity (Wildman–Crippen MR) is 67.8 cm³/mol. The Hall–Kier alpha value is -1.36. The number of rotatable bonds is 5. The molecule has 1 unspecified atom stereocenters. The Kier molecular flexibility index (Phi) is 3.78. The molecular weight excluding hydrogens is 216 g/mol. The molecule has 0 bridgehead atoms. The molecule has 1 atom stereocenters. The fourth-order valence-electron chi connectivity index (χ4n) is 1.99. The Labute approximate surface area is 100 Å². The van der Waals surface area contributed by atoms with Gasteiger partial charge < -0.3 is 20.1 Å². The van der Waals surface area contributed by atoms with Crippen molar-refractivity contribution in [3.05, 3.63) is 36.0 Å². The van der Waals surface area contributed by atoms with Crippen molar-refractivity contribution in [3.8, 4) is 0 Å². The van der Waals surface area contributed by atoms with Gasteiger partial charge in [0.15, 0.2) is 0 Å². The van der Waals surface area contributed by atoms with Gasteiger partial charge in [-0.3, -0.25) is 0 Å². The van der Waals surface area contributed by atoms with E-state index in [0.29, 0.717) is 6.54 Å². The molecule has 0 spiro atoms. The van der Waals surface area contributed by atoms with Gasteiger partial charge >= 0.3 is 0 Å². The van der Waals surface area contributed by atoms with Gasteiger partial charge in [0, 0.05) is 18.3 Å². The summed E-state index contributed by atoms with van der Waals surface area (Å²) in [4.78, 5) is 0. The van der Waals surface area contributed by atoms with Gasteiger partial charge in [-0.15, -0.1) is 0 Å². The second-order valence-corrected chi connectivity index (χ2v) is 4.23.